The van der Waals surface area contributed by atoms with Crippen LogP contribution in [0.4, 0.5) is 13.2 Å². The van der Waals surface area contributed by atoms with E-state index in [4.69, 9.17) is 9.47 Å². The molecule has 6 atom stereocenters. The lowest BCUT2D eigenvalue weighted by molar-refractivity contribution is -0.149. The van der Waals surface area contributed by atoms with Gasteiger partial charge < -0.3 is 25.0 Å². The van der Waals surface area contributed by atoms with Gasteiger partial charge in [-0.05, 0) is 70.4 Å². The van der Waals surface area contributed by atoms with E-state index in [1.54, 1.807) is 18.9 Å². The molecule has 0 spiro atoms. The van der Waals surface area contributed by atoms with Crippen LogP contribution < -0.4 is 10.6 Å². The molecule has 1 aliphatic heterocycles. The fourth-order valence-corrected chi connectivity index (χ4v) is 8.09. The summed E-state index contributed by atoms with van der Waals surface area (Å²) in [6, 6.07) is -1.00. The van der Waals surface area contributed by atoms with E-state index < -0.39 is 65.4 Å². The Morgan fingerprint density at radius 1 is 1.02 bits per heavy atom. The predicted molar refractivity (Wildman–Crippen MR) is 199 cm³/mol. The van der Waals surface area contributed by atoms with Gasteiger partial charge in [0.25, 0.3) is 5.91 Å². The average molecular weight is 794 g/mol. The SMILES string of the molecule is COC(=O)[C@@H](C)C[C@H](CCc1c(F)cc(F)cc1F)NC(=O)c1csc([C@@H](C[C@H](C(C)C)N(C)C(=O)[C@@H](NC(=O)[C@H]2CCCCN2C)C2CC2)OC(C)=O)n1. The first-order valence-electron chi connectivity index (χ1n) is 18.9. The third-order valence-electron chi connectivity index (χ3n) is 10.6. The molecule has 304 valence electrons. The van der Waals surface area contributed by atoms with Crippen LogP contribution in [-0.4, -0.2) is 96.4 Å². The Balaban J connectivity index is 1.50. The summed E-state index contributed by atoms with van der Waals surface area (Å²) in [4.78, 5) is 73.7. The Bertz CT molecular complexity index is 1670. The Morgan fingerprint density at radius 2 is 1.69 bits per heavy atom. The van der Waals surface area contributed by atoms with E-state index in [1.807, 2.05) is 25.8 Å². The number of likely N-dealkylation sites (N-methyl/N-ethyl adjacent to an activating group) is 2. The molecule has 2 fully saturated rings. The maximum atomic E-state index is 14.4. The zero-order chi connectivity index (χ0) is 40.6. The minimum absolute atomic E-state index is 0.00963. The average Bonchev–Trinajstić information content (AvgIpc) is 3.84. The molecule has 3 amide bonds. The van der Waals surface area contributed by atoms with E-state index in [0.717, 1.165) is 50.0 Å². The van der Waals surface area contributed by atoms with Crippen LogP contribution in [0.15, 0.2) is 17.5 Å². The van der Waals surface area contributed by atoms with Crippen molar-refractivity contribution in [2.45, 2.75) is 116 Å². The number of aromatic nitrogens is 1. The van der Waals surface area contributed by atoms with Crippen molar-refractivity contribution in [3.8, 4) is 0 Å². The summed E-state index contributed by atoms with van der Waals surface area (Å²) in [5, 5.41) is 7.66. The van der Waals surface area contributed by atoms with E-state index in [0.29, 0.717) is 17.1 Å². The van der Waals surface area contributed by atoms with Gasteiger partial charge in [-0.25, -0.2) is 18.2 Å². The van der Waals surface area contributed by atoms with Crippen molar-refractivity contribution in [1.82, 2.24) is 25.4 Å². The second kappa shape index (κ2) is 19.7. The highest BCUT2D eigenvalue weighted by Gasteiger charge is 2.42. The summed E-state index contributed by atoms with van der Waals surface area (Å²) in [5.74, 6) is -6.03. The number of methoxy groups -OCH3 is 1. The van der Waals surface area contributed by atoms with Gasteiger partial charge in [0.2, 0.25) is 11.8 Å². The van der Waals surface area contributed by atoms with Gasteiger partial charge in [0.15, 0.2) is 6.10 Å². The number of hydrogen-bond acceptors (Lipinski definition) is 10. The number of carbonyl (C=O) groups excluding carboxylic acids is 5. The third kappa shape index (κ3) is 12.0. The largest absolute Gasteiger partial charge is 0.469 e. The maximum Gasteiger partial charge on any atom is 0.308 e. The van der Waals surface area contributed by atoms with Crippen molar-refractivity contribution in [3.05, 3.63) is 51.2 Å². The lowest BCUT2D eigenvalue weighted by atomic mass is 9.95. The van der Waals surface area contributed by atoms with Gasteiger partial charge in [0.1, 0.15) is 34.2 Å². The summed E-state index contributed by atoms with van der Waals surface area (Å²) in [6.07, 6.45) is 3.52. The highest BCUT2D eigenvalue weighted by molar-refractivity contribution is 7.09. The van der Waals surface area contributed by atoms with Gasteiger partial charge in [0.05, 0.1) is 19.1 Å². The number of carbonyl (C=O) groups is 5. The number of benzene rings is 1. The van der Waals surface area contributed by atoms with Crippen molar-refractivity contribution < 1.29 is 46.6 Å². The molecule has 55 heavy (non-hydrogen) atoms. The van der Waals surface area contributed by atoms with Crippen LogP contribution in [0.3, 0.4) is 0 Å². The zero-order valence-corrected chi connectivity index (χ0v) is 33.5. The first-order chi connectivity index (χ1) is 26.0. The van der Waals surface area contributed by atoms with Gasteiger partial charge in [0, 0.05) is 55.6 Å². The monoisotopic (exact) mass is 793 g/mol. The molecular weight excluding hydrogens is 740 g/mol. The van der Waals surface area contributed by atoms with Crippen molar-refractivity contribution >= 4 is 41.0 Å². The van der Waals surface area contributed by atoms with E-state index in [-0.39, 0.29) is 66.6 Å². The third-order valence-corrected chi connectivity index (χ3v) is 11.5. The van der Waals surface area contributed by atoms with E-state index >= 15 is 0 Å². The molecule has 16 heteroatoms. The Kier molecular flexibility index (Phi) is 15.6. The molecule has 2 aromatic rings. The summed E-state index contributed by atoms with van der Waals surface area (Å²) >= 11 is 1.09. The molecule has 1 saturated heterocycles. The predicted octanol–water partition coefficient (Wildman–Crippen LogP) is 5.35. The first-order valence-corrected chi connectivity index (χ1v) is 19.8. The minimum Gasteiger partial charge on any atom is -0.469 e. The number of likely N-dealkylation sites (tertiary alicyclic amines) is 1. The van der Waals surface area contributed by atoms with Crippen molar-refractivity contribution in [2.75, 3.05) is 27.7 Å². The highest BCUT2D eigenvalue weighted by atomic mass is 32.1. The Hall–Kier alpha value is -4.05. The van der Waals surface area contributed by atoms with Crippen LogP contribution in [0.2, 0.25) is 0 Å². The summed E-state index contributed by atoms with van der Waals surface area (Å²) in [6.45, 7) is 7.57. The number of esters is 2. The summed E-state index contributed by atoms with van der Waals surface area (Å²) < 4.78 is 52.9. The number of nitrogens with one attached hydrogen (secondary N) is 2. The van der Waals surface area contributed by atoms with Crippen LogP contribution >= 0.6 is 11.3 Å². The topological polar surface area (TPSA) is 147 Å². The number of halogens is 3. The summed E-state index contributed by atoms with van der Waals surface area (Å²) in [7, 11) is 4.83. The van der Waals surface area contributed by atoms with Gasteiger partial charge in [-0.2, -0.15) is 0 Å². The lowest BCUT2D eigenvalue weighted by Gasteiger charge is -2.37. The molecule has 1 aromatic heterocycles. The fourth-order valence-electron chi connectivity index (χ4n) is 7.25. The zero-order valence-electron chi connectivity index (χ0n) is 32.7. The van der Waals surface area contributed by atoms with Crippen molar-refractivity contribution in [1.29, 1.82) is 0 Å². The van der Waals surface area contributed by atoms with Gasteiger partial charge in [-0.1, -0.05) is 27.2 Å². The van der Waals surface area contributed by atoms with Crippen LogP contribution in [-0.2, 0) is 35.1 Å². The van der Waals surface area contributed by atoms with Gasteiger partial charge in [-0.3, -0.25) is 28.9 Å². The van der Waals surface area contributed by atoms with Gasteiger partial charge in [-0.15, -0.1) is 11.3 Å². The molecule has 0 unspecified atom stereocenters. The van der Waals surface area contributed by atoms with E-state index in [1.165, 1.54) is 19.4 Å². The molecule has 4 rings (SSSR count). The molecule has 2 heterocycles. The molecule has 2 N–H and O–H groups in total. The lowest BCUT2D eigenvalue weighted by Crippen LogP contribution is -2.56. The van der Waals surface area contributed by atoms with Crippen LogP contribution in [0.5, 0.6) is 0 Å². The molecule has 2 aliphatic rings. The quantitative estimate of drug-likeness (QED) is 0.191. The van der Waals surface area contributed by atoms with Crippen molar-refractivity contribution in [3.63, 3.8) is 0 Å². The number of hydrogen-bond donors (Lipinski definition) is 2. The smallest absolute Gasteiger partial charge is 0.308 e. The molecule has 12 nitrogen and oxygen atoms in total. The number of ether oxygens (including phenoxy) is 2. The van der Waals surface area contributed by atoms with Gasteiger partial charge >= 0.3 is 11.9 Å². The second-order valence-corrected chi connectivity index (χ2v) is 16.1. The van der Waals surface area contributed by atoms with Crippen LogP contribution in [0, 0.1) is 35.2 Å². The standard InChI is InChI=1S/C39H54F3N5O7S/c1-21(2)32(47(6)38(51)34(24-11-12-24)45-36(50)31-10-8-9-15-46(31)5)19-33(54-23(4)48)37-44-30(20-55-37)35(49)43-26(16-22(3)39(52)53-7)13-14-27-28(41)17-25(40)18-29(27)42/h17-18,20-22,24,26,31-34H,8-16,19H2,1-7H3,(H,43,49)(H,45,50)/t22-,26-,31+,32+,33+,34-/m0/s1. The fraction of sp³-hybridized carbons (Fsp3) is 0.641. The maximum absolute atomic E-state index is 14.4. The second-order valence-electron chi connectivity index (χ2n) is 15.2. The summed E-state index contributed by atoms with van der Waals surface area (Å²) in [5.41, 5.74) is -0.362. The molecule has 0 radical (unpaired) electrons. The van der Waals surface area contributed by atoms with Crippen LogP contribution in [0.1, 0.15) is 106 Å². The molecule has 0 bridgehead atoms. The Labute approximate surface area is 324 Å². The molecular formula is C39H54F3N5O7S. The first kappa shape index (κ1) is 43.7. The number of rotatable bonds is 18. The van der Waals surface area contributed by atoms with E-state index in [9.17, 15) is 37.1 Å². The minimum atomic E-state index is -1.06. The normalized spacial score (nSPS) is 18.8. The van der Waals surface area contributed by atoms with Crippen molar-refractivity contribution in [2.24, 2.45) is 17.8 Å². The number of amides is 3. The number of thiazole rings is 1. The number of nitrogens with zero attached hydrogens (tertiary/aromatic N) is 3. The highest BCUT2D eigenvalue weighted by Crippen LogP contribution is 2.36. The Morgan fingerprint density at radius 3 is 2.27 bits per heavy atom. The molecule has 1 aliphatic carbocycles. The number of piperidine rings is 1. The molecule has 1 aromatic carbocycles. The van der Waals surface area contributed by atoms with E-state index in [2.05, 4.69) is 15.6 Å². The molecule has 1 saturated carbocycles. The van der Waals surface area contributed by atoms with Crippen LogP contribution in [0.25, 0.3) is 0 Å².